The van der Waals surface area contributed by atoms with Gasteiger partial charge in [-0.1, -0.05) is 13.0 Å². The van der Waals surface area contributed by atoms with Crippen molar-refractivity contribution in [2.75, 3.05) is 13.2 Å². The van der Waals surface area contributed by atoms with Gasteiger partial charge in [0.1, 0.15) is 24.6 Å². The van der Waals surface area contributed by atoms with Gasteiger partial charge in [0.05, 0.1) is 17.8 Å². The highest BCUT2D eigenvalue weighted by Gasteiger charge is 2.17. The van der Waals surface area contributed by atoms with E-state index in [4.69, 9.17) is 9.47 Å². The fourth-order valence-corrected chi connectivity index (χ4v) is 4.08. The molecule has 3 heterocycles. The minimum Gasteiger partial charge on any atom is -0.486 e. The lowest BCUT2D eigenvalue weighted by Gasteiger charge is -2.21. The number of nitrogens with one attached hydrogen (secondary N) is 1. The third kappa shape index (κ3) is 3.60. The van der Waals surface area contributed by atoms with Crippen molar-refractivity contribution in [1.29, 1.82) is 0 Å². The highest BCUT2D eigenvalue weighted by Crippen LogP contribution is 2.32. The molecule has 0 bridgehead atoms. The molecule has 1 unspecified atom stereocenters. The topological polar surface area (TPSA) is 82.5 Å². The maximum atomic E-state index is 12.6. The number of aryl methyl sites for hydroxylation is 1. The lowest BCUT2D eigenvalue weighted by atomic mass is 10.1. The van der Waals surface area contributed by atoms with Crippen LogP contribution in [-0.4, -0.2) is 28.7 Å². The summed E-state index contributed by atoms with van der Waals surface area (Å²) in [5.41, 5.74) is 0.715. The van der Waals surface area contributed by atoms with Gasteiger partial charge in [-0.15, -0.1) is 11.3 Å². The highest BCUT2D eigenvalue weighted by molar-refractivity contribution is 7.18. The molecule has 28 heavy (non-hydrogen) atoms. The van der Waals surface area contributed by atoms with Crippen molar-refractivity contribution in [2.45, 2.75) is 32.9 Å². The van der Waals surface area contributed by atoms with Crippen LogP contribution in [0.25, 0.3) is 10.2 Å². The number of benzene rings is 1. The van der Waals surface area contributed by atoms with Crippen LogP contribution in [-0.2, 0) is 17.8 Å². The maximum Gasteiger partial charge on any atom is 0.262 e. The number of thiophene rings is 1. The van der Waals surface area contributed by atoms with Crippen molar-refractivity contribution in [3.8, 4) is 11.5 Å². The second-order valence-corrected chi connectivity index (χ2v) is 7.77. The predicted octanol–water partition coefficient (Wildman–Crippen LogP) is 2.67. The average molecular weight is 399 g/mol. The van der Waals surface area contributed by atoms with Gasteiger partial charge in [-0.25, -0.2) is 4.98 Å². The van der Waals surface area contributed by atoms with Gasteiger partial charge in [0.2, 0.25) is 5.91 Å². The smallest absolute Gasteiger partial charge is 0.262 e. The largest absolute Gasteiger partial charge is 0.486 e. The van der Waals surface area contributed by atoms with Crippen LogP contribution in [0.2, 0.25) is 0 Å². The summed E-state index contributed by atoms with van der Waals surface area (Å²) in [6, 6.07) is 7.24. The number of carbonyl (C=O) groups is 1. The van der Waals surface area contributed by atoms with Crippen LogP contribution >= 0.6 is 11.3 Å². The van der Waals surface area contributed by atoms with Crippen LogP contribution in [0.1, 0.15) is 30.3 Å². The van der Waals surface area contributed by atoms with Gasteiger partial charge in [-0.3, -0.25) is 14.2 Å². The Balaban J connectivity index is 1.47. The highest BCUT2D eigenvalue weighted by atomic mass is 32.1. The molecule has 4 rings (SSSR count). The molecule has 1 N–H and O–H groups in total. The number of nitrogens with zero attached hydrogens (tertiary/aromatic N) is 2. The number of ether oxygens (including phenoxy) is 2. The number of carbonyl (C=O) groups excluding carboxylic acids is 1. The second kappa shape index (κ2) is 7.63. The maximum absolute atomic E-state index is 12.6. The van der Waals surface area contributed by atoms with Crippen molar-refractivity contribution in [3.05, 3.63) is 51.4 Å². The zero-order valence-corrected chi connectivity index (χ0v) is 16.5. The lowest BCUT2D eigenvalue weighted by molar-refractivity contribution is -0.122. The van der Waals surface area contributed by atoms with E-state index in [-0.39, 0.29) is 24.1 Å². The average Bonchev–Trinajstić information content (AvgIpc) is 3.14. The van der Waals surface area contributed by atoms with E-state index in [1.165, 1.54) is 22.2 Å². The van der Waals surface area contributed by atoms with Crippen LogP contribution in [0.3, 0.4) is 0 Å². The summed E-state index contributed by atoms with van der Waals surface area (Å²) in [5, 5.41) is 3.49. The molecule has 1 aliphatic heterocycles. The second-order valence-electron chi connectivity index (χ2n) is 6.66. The molecule has 0 spiro atoms. The van der Waals surface area contributed by atoms with Gasteiger partial charge < -0.3 is 14.8 Å². The minimum atomic E-state index is -0.253. The summed E-state index contributed by atoms with van der Waals surface area (Å²) in [7, 11) is 0. The quantitative estimate of drug-likeness (QED) is 0.713. The Labute approximate surface area is 165 Å². The van der Waals surface area contributed by atoms with Gasteiger partial charge in [0.25, 0.3) is 5.56 Å². The normalized spacial score (nSPS) is 14.1. The molecule has 2 aromatic heterocycles. The van der Waals surface area contributed by atoms with Gasteiger partial charge >= 0.3 is 0 Å². The summed E-state index contributed by atoms with van der Waals surface area (Å²) in [6.07, 6.45) is 2.29. The van der Waals surface area contributed by atoms with Crippen LogP contribution < -0.4 is 20.3 Å². The molecule has 0 fully saturated rings. The van der Waals surface area contributed by atoms with E-state index >= 15 is 0 Å². The van der Waals surface area contributed by atoms with E-state index in [0.717, 1.165) is 16.9 Å². The van der Waals surface area contributed by atoms with Gasteiger partial charge in [0, 0.05) is 4.88 Å². The number of hydrogen-bond acceptors (Lipinski definition) is 6. The standard InChI is InChI=1S/C20H21N3O4S/c1-3-14-9-15-19(28-14)21-11-23(20(15)25)10-18(24)22-12(2)13-4-5-16-17(8-13)27-7-6-26-16/h4-5,8-9,11-12H,3,6-7,10H2,1-2H3,(H,22,24). The van der Waals surface area contributed by atoms with E-state index in [0.29, 0.717) is 34.9 Å². The molecule has 3 aromatic rings. The molecule has 0 saturated heterocycles. The zero-order chi connectivity index (χ0) is 19.7. The van der Waals surface area contributed by atoms with E-state index < -0.39 is 0 Å². The van der Waals surface area contributed by atoms with Crippen molar-refractivity contribution in [1.82, 2.24) is 14.9 Å². The molecule has 0 radical (unpaired) electrons. The molecular formula is C20H21N3O4S. The summed E-state index contributed by atoms with van der Waals surface area (Å²) in [5.74, 6) is 1.14. The Morgan fingerprint density at radius 3 is 2.86 bits per heavy atom. The van der Waals surface area contributed by atoms with E-state index in [1.807, 2.05) is 38.1 Å². The summed E-state index contributed by atoms with van der Waals surface area (Å²) in [4.78, 5) is 31.2. The fourth-order valence-electron chi connectivity index (χ4n) is 3.15. The van der Waals surface area contributed by atoms with Crippen molar-refractivity contribution in [3.63, 3.8) is 0 Å². The molecule has 1 atom stereocenters. The predicted molar refractivity (Wildman–Crippen MR) is 107 cm³/mol. The first-order valence-corrected chi connectivity index (χ1v) is 10.0. The minimum absolute atomic E-state index is 0.0754. The van der Waals surface area contributed by atoms with Gasteiger partial charge in [-0.05, 0) is 37.1 Å². The molecular weight excluding hydrogens is 378 g/mol. The third-order valence-electron chi connectivity index (χ3n) is 4.68. The van der Waals surface area contributed by atoms with E-state index in [2.05, 4.69) is 10.3 Å². The number of aromatic nitrogens is 2. The van der Waals surface area contributed by atoms with Crippen LogP contribution in [0.4, 0.5) is 0 Å². The van der Waals surface area contributed by atoms with E-state index in [1.54, 1.807) is 0 Å². The Kier molecular flexibility index (Phi) is 5.04. The zero-order valence-electron chi connectivity index (χ0n) is 15.7. The Bertz CT molecular complexity index is 1090. The monoisotopic (exact) mass is 399 g/mol. The van der Waals surface area contributed by atoms with Crippen molar-refractivity contribution >= 4 is 27.5 Å². The summed E-state index contributed by atoms with van der Waals surface area (Å²) in [6.45, 7) is 4.90. The van der Waals surface area contributed by atoms with Crippen LogP contribution in [0, 0.1) is 0 Å². The number of fused-ring (bicyclic) bond motifs is 2. The fraction of sp³-hybridized carbons (Fsp3) is 0.350. The Hall–Kier alpha value is -2.87. The van der Waals surface area contributed by atoms with Crippen LogP contribution in [0.15, 0.2) is 35.4 Å². The molecule has 1 amide bonds. The first kappa shape index (κ1) is 18.5. The van der Waals surface area contributed by atoms with Crippen LogP contribution in [0.5, 0.6) is 11.5 Å². The molecule has 7 nitrogen and oxygen atoms in total. The first-order valence-electron chi connectivity index (χ1n) is 9.22. The number of amides is 1. The van der Waals surface area contributed by atoms with Crippen molar-refractivity contribution in [2.24, 2.45) is 0 Å². The molecule has 8 heteroatoms. The van der Waals surface area contributed by atoms with Gasteiger partial charge in [0.15, 0.2) is 11.5 Å². The van der Waals surface area contributed by atoms with Crippen molar-refractivity contribution < 1.29 is 14.3 Å². The third-order valence-corrected chi connectivity index (χ3v) is 5.86. The lowest BCUT2D eigenvalue weighted by Crippen LogP contribution is -2.33. The summed E-state index contributed by atoms with van der Waals surface area (Å²) >= 11 is 1.51. The molecule has 0 saturated carbocycles. The Morgan fingerprint density at radius 2 is 2.07 bits per heavy atom. The summed E-state index contributed by atoms with van der Waals surface area (Å²) < 4.78 is 12.5. The SMILES string of the molecule is CCc1cc2c(=O)n(CC(=O)NC(C)c3ccc4c(c3)OCCO4)cnc2s1. The molecule has 1 aliphatic rings. The molecule has 146 valence electrons. The Morgan fingerprint density at radius 1 is 1.29 bits per heavy atom. The molecule has 0 aliphatic carbocycles. The number of hydrogen-bond donors (Lipinski definition) is 1. The molecule has 1 aromatic carbocycles. The van der Waals surface area contributed by atoms with E-state index in [9.17, 15) is 9.59 Å². The number of rotatable bonds is 5. The van der Waals surface area contributed by atoms with Gasteiger partial charge in [-0.2, -0.15) is 0 Å². The first-order chi connectivity index (χ1) is 13.5.